The average molecular weight is 289 g/mol. The summed E-state index contributed by atoms with van der Waals surface area (Å²) < 4.78 is 4.86. The third-order valence-electron chi connectivity index (χ3n) is 2.81. The van der Waals surface area contributed by atoms with Crippen molar-refractivity contribution < 1.29 is 19.4 Å². The third-order valence-corrected chi connectivity index (χ3v) is 2.81. The van der Waals surface area contributed by atoms with E-state index < -0.39 is 11.9 Å². The Kier molecular flexibility index (Phi) is 9.96. The van der Waals surface area contributed by atoms with E-state index >= 15 is 0 Å². The summed E-state index contributed by atoms with van der Waals surface area (Å²) >= 11 is 0. The first-order valence-electron chi connectivity index (χ1n) is 6.72. The highest BCUT2D eigenvalue weighted by Gasteiger charge is 2.18. The number of ether oxygens (including phenoxy) is 1. The van der Waals surface area contributed by atoms with Gasteiger partial charge in [-0.25, -0.2) is 0 Å². The number of rotatable bonds is 11. The van der Waals surface area contributed by atoms with Gasteiger partial charge in [-0.05, 0) is 14.1 Å². The molecule has 7 nitrogen and oxygen atoms in total. The van der Waals surface area contributed by atoms with Gasteiger partial charge in [0.1, 0.15) is 0 Å². The fraction of sp³-hybridized carbons (Fsp3) is 0.846. The monoisotopic (exact) mass is 289 g/mol. The minimum atomic E-state index is -0.848. The van der Waals surface area contributed by atoms with E-state index in [2.05, 4.69) is 5.32 Å². The molecule has 0 aromatic carbocycles. The van der Waals surface area contributed by atoms with Gasteiger partial charge in [-0.1, -0.05) is 6.92 Å². The molecule has 0 radical (unpaired) electrons. The minimum Gasteiger partial charge on any atom is -0.481 e. The lowest BCUT2D eigenvalue weighted by atomic mass is 10.1. The molecule has 0 bridgehead atoms. The summed E-state index contributed by atoms with van der Waals surface area (Å²) in [6, 6.07) is 0. The number of carboxylic acid groups (broad SMARTS) is 1. The molecule has 0 aliphatic rings. The first kappa shape index (κ1) is 18.8. The summed E-state index contributed by atoms with van der Waals surface area (Å²) in [4.78, 5) is 26.5. The number of hydrogen-bond acceptors (Lipinski definition) is 5. The Morgan fingerprint density at radius 2 is 1.95 bits per heavy atom. The molecule has 118 valence electrons. The molecule has 1 amide bonds. The van der Waals surface area contributed by atoms with E-state index in [4.69, 9.17) is 9.84 Å². The molecule has 7 heteroatoms. The summed E-state index contributed by atoms with van der Waals surface area (Å²) in [5.74, 6) is -1.46. The molecular formula is C13H27N3O4. The smallest absolute Gasteiger partial charge is 0.307 e. The van der Waals surface area contributed by atoms with Gasteiger partial charge in [0.15, 0.2) is 0 Å². The number of carbonyl (C=O) groups is 2. The van der Waals surface area contributed by atoms with Crippen LogP contribution in [0.2, 0.25) is 0 Å². The number of carboxylic acids is 1. The van der Waals surface area contributed by atoms with Crippen LogP contribution in [-0.2, 0) is 14.3 Å². The zero-order valence-corrected chi connectivity index (χ0v) is 12.9. The first-order valence-corrected chi connectivity index (χ1v) is 6.72. The number of likely N-dealkylation sites (N-methyl/N-ethyl adjacent to an activating group) is 1. The fourth-order valence-corrected chi connectivity index (χ4v) is 1.59. The summed E-state index contributed by atoms with van der Waals surface area (Å²) in [5, 5.41) is 11.7. The molecule has 0 rings (SSSR count). The number of hydrogen-bond donors (Lipinski definition) is 2. The van der Waals surface area contributed by atoms with Crippen molar-refractivity contribution in [3.8, 4) is 0 Å². The van der Waals surface area contributed by atoms with Crippen molar-refractivity contribution >= 4 is 11.9 Å². The normalized spacial score (nSPS) is 12.7. The van der Waals surface area contributed by atoms with E-state index in [1.807, 2.05) is 23.9 Å². The van der Waals surface area contributed by atoms with Crippen LogP contribution in [0.3, 0.4) is 0 Å². The molecule has 20 heavy (non-hydrogen) atoms. The summed E-state index contributed by atoms with van der Waals surface area (Å²) in [6.45, 7) is 4.57. The van der Waals surface area contributed by atoms with Crippen molar-refractivity contribution in [1.82, 2.24) is 15.1 Å². The van der Waals surface area contributed by atoms with Crippen LogP contribution in [0, 0.1) is 5.92 Å². The van der Waals surface area contributed by atoms with Crippen LogP contribution >= 0.6 is 0 Å². The second-order valence-electron chi connectivity index (χ2n) is 5.12. The van der Waals surface area contributed by atoms with Gasteiger partial charge in [0.25, 0.3) is 0 Å². The van der Waals surface area contributed by atoms with E-state index in [1.54, 1.807) is 14.0 Å². The Bertz CT molecular complexity index is 297. The van der Waals surface area contributed by atoms with E-state index in [0.29, 0.717) is 26.2 Å². The summed E-state index contributed by atoms with van der Waals surface area (Å²) in [6.07, 6.45) is 0. The lowest BCUT2D eigenvalue weighted by molar-refractivity contribution is -0.142. The number of amides is 1. The fourth-order valence-electron chi connectivity index (χ4n) is 1.59. The number of carbonyl (C=O) groups excluding carboxylic acids is 1. The van der Waals surface area contributed by atoms with Crippen molar-refractivity contribution in [2.45, 2.75) is 6.92 Å². The van der Waals surface area contributed by atoms with Gasteiger partial charge in [-0.2, -0.15) is 0 Å². The standard InChI is InChI=1S/C13H27N3O4/c1-11(13(18)19)9-16(7-6-15(2)3)10-12(17)14-5-8-20-4/h11H,5-10H2,1-4H3,(H,14,17)(H,18,19). The van der Waals surface area contributed by atoms with Crippen LogP contribution in [-0.4, -0.2) is 87.3 Å². The highest BCUT2D eigenvalue weighted by Crippen LogP contribution is 2.00. The van der Waals surface area contributed by atoms with Gasteiger partial charge in [-0.3, -0.25) is 14.5 Å². The van der Waals surface area contributed by atoms with Crippen molar-refractivity contribution in [1.29, 1.82) is 0 Å². The van der Waals surface area contributed by atoms with Gasteiger partial charge in [-0.15, -0.1) is 0 Å². The van der Waals surface area contributed by atoms with Crippen LogP contribution < -0.4 is 5.32 Å². The molecule has 0 saturated carbocycles. The molecule has 0 aliphatic carbocycles. The Labute approximate surface area is 120 Å². The Balaban J connectivity index is 4.28. The van der Waals surface area contributed by atoms with Crippen molar-refractivity contribution in [2.75, 3.05) is 60.5 Å². The summed E-state index contributed by atoms with van der Waals surface area (Å²) in [7, 11) is 5.46. The Hall–Kier alpha value is -1.18. The predicted molar refractivity (Wildman–Crippen MR) is 76.7 cm³/mol. The summed E-state index contributed by atoms with van der Waals surface area (Å²) in [5.41, 5.74) is 0. The van der Waals surface area contributed by atoms with Crippen molar-refractivity contribution in [3.05, 3.63) is 0 Å². The molecular weight excluding hydrogens is 262 g/mol. The quantitative estimate of drug-likeness (QED) is 0.491. The van der Waals surface area contributed by atoms with E-state index in [1.165, 1.54) is 0 Å². The lowest BCUT2D eigenvalue weighted by Gasteiger charge is -2.25. The lowest BCUT2D eigenvalue weighted by Crippen LogP contribution is -2.43. The Morgan fingerprint density at radius 3 is 2.45 bits per heavy atom. The second kappa shape index (κ2) is 10.6. The van der Waals surface area contributed by atoms with Crippen LogP contribution in [0.5, 0.6) is 0 Å². The maximum absolute atomic E-state index is 11.8. The van der Waals surface area contributed by atoms with Gasteiger partial charge >= 0.3 is 5.97 Å². The topological polar surface area (TPSA) is 82.1 Å². The van der Waals surface area contributed by atoms with Gasteiger partial charge in [0.2, 0.25) is 5.91 Å². The predicted octanol–water partition coefficient (Wildman–Crippen LogP) is -0.667. The number of nitrogens with one attached hydrogen (secondary N) is 1. The van der Waals surface area contributed by atoms with Crippen molar-refractivity contribution in [3.63, 3.8) is 0 Å². The third kappa shape index (κ3) is 9.71. The molecule has 0 aromatic heterocycles. The highest BCUT2D eigenvalue weighted by atomic mass is 16.5. The molecule has 1 atom stereocenters. The zero-order valence-electron chi connectivity index (χ0n) is 12.9. The zero-order chi connectivity index (χ0) is 15.5. The molecule has 0 aromatic rings. The van der Waals surface area contributed by atoms with Crippen LogP contribution in [0.4, 0.5) is 0 Å². The molecule has 0 aliphatic heterocycles. The Morgan fingerprint density at radius 1 is 1.30 bits per heavy atom. The number of aliphatic carboxylic acids is 1. The van der Waals surface area contributed by atoms with Crippen LogP contribution in [0.1, 0.15) is 6.92 Å². The maximum atomic E-state index is 11.8. The minimum absolute atomic E-state index is 0.113. The molecule has 1 unspecified atom stereocenters. The first-order chi connectivity index (χ1) is 9.36. The number of nitrogens with zero attached hydrogens (tertiary/aromatic N) is 2. The number of methoxy groups -OCH3 is 1. The SMILES string of the molecule is COCCNC(=O)CN(CCN(C)C)CC(C)C(=O)O. The molecule has 0 fully saturated rings. The van der Waals surface area contributed by atoms with Crippen LogP contribution in [0.15, 0.2) is 0 Å². The van der Waals surface area contributed by atoms with Crippen molar-refractivity contribution in [2.24, 2.45) is 5.92 Å². The van der Waals surface area contributed by atoms with Gasteiger partial charge < -0.3 is 20.1 Å². The van der Waals surface area contributed by atoms with E-state index in [0.717, 1.165) is 6.54 Å². The second-order valence-corrected chi connectivity index (χ2v) is 5.12. The highest BCUT2D eigenvalue weighted by molar-refractivity contribution is 5.78. The molecule has 2 N–H and O–H groups in total. The van der Waals surface area contributed by atoms with Gasteiger partial charge in [0, 0.05) is 33.3 Å². The van der Waals surface area contributed by atoms with Gasteiger partial charge in [0.05, 0.1) is 19.1 Å². The maximum Gasteiger partial charge on any atom is 0.307 e. The average Bonchev–Trinajstić information content (AvgIpc) is 2.35. The molecule has 0 saturated heterocycles. The molecule has 0 heterocycles. The van der Waals surface area contributed by atoms with Crippen LogP contribution in [0.25, 0.3) is 0 Å². The van der Waals surface area contributed by atoms with E-state index in [-0.39, 0.29) is 12.5 Å². The largest absolute Gasteiger partial charge is 0.481 e. The molecule has 0 spiro atoms. The van der Waals surface area contributed by atoms with E-state index in [9.17, 15) is 9.59 Å².